The summed E-state index contributed by atoms with van der Waals surface area (Å²) in [6.07, 6.45) is 1.74. The van der Waals surface area contributed by atoms with Gasteiger partial charge in [0, 0.05) is 18.4 Å². The van der Waals surface area contributed by atoms with Crippen LogP contribution in [0.25, 0.3) is 11.5 Å². The van der Waals surface area contributed by atoms with E-state index in [1.165, 1.54) is 0 Å². The number of hydrogen-bond acceptors (Lipinski definition) is 5. The van der Waals surface area contributed by atoms with Crippen molar-refractivity contribution in [1.82, 2.24) is 10.1 Å². The van der Waals surface area contributed by atoms with Gasteiger partial charge in [0.15, 0.2) is 0 Å². The zero-order valence-corrected chi connectivity index (χ0v) is 11.5. The summed E-state index contributed by atoms with van der Waals surface area (Å²) in [4.78, 5) is 4.41. The first-order valence-corrected chi connectivity index (χ1v) is 6.39. The van der Waals surface area contributed by atoms with E-state index in [-0.39, 0.29) is 6.10 Å². The highest BCUT2D eigenvalue weighted by Crippen LogP contribution is 2.27. The lowest BCUT2D eigenvalue weighted by molar-refractivity contribution is 0.0854. The summed E-state index contributed by atoms with van der Waals surface area (Å²) in [5, 5.41) is 4.00. The van der Waals surface area contributed by atoms with E-state index in [4.69, 9.17) is 15.0 Å². The standard InChI is InChI=1S/C14H19N3O2/c1-4-6-12(18-3)13-16-14(19-17-13)10-7-5-8-11(15)9(10)2/h5,7-8,12H,4,6,15H2,1-3H3. The quantitative estimate of drug-likeness (QED) is 0.837. The average molecular weight is 261 g/mol. The van der Waals surface area contributed by atoms with Gasteiger partial charge < -0.3 is 15.0 Å². The van der Waals surface area contributed by atoms with Gasteiger partial charge in [-0.15, -0.1) is 0 Å². The minimum absolute atomic E-state index is 0.121. The number of nitrogen functional groups attached to an aromatic ring is 1. The monoisotopic (exact) mass is 261 g/mol. The van der Waals surface area contributed by atoms with E-state index in [0.29, 0.717) is 17.4 Å². The molecule has 2 aromatic rings. The van der Waals surface area contributed by atoms with Gasteiger partial charge in [-0.3, -0.25) is 0 Å². The van der Waals surface area contributed by atoms with E-state index < -0.39 is 0 Å². The molecule has 0 aliphatic heterocycles. The summed E-state index contributed by atoms with van der Waals surface area (Å²) in [5.74, 6) is 1.07. The van der Waals surface area contributed by atoms with Gasteiger partial charge in [0.05, 0.1) is 0 Å². The molecule has 5 heteroatoms. The van der Waals surface area contributed by atoms with Gasteiger partial charge in [0.1, 0.15) is 6.10 Å². The molecule has 5 nitrogen and oxygen atoms in total. The first-order valence-electron chi connectivity index (χ1n) is 6.39. The molecule has 0 fully saturated rings. The van der Waals surface area contributed by atoms with E-state index in [2.05, 4.69) is 17.1 Å². The molecule has 1 aromatic heterocycles. The largest absolute Gasteiger partial charge is 0.398 e. The third kappa shape index (κ3) is 2.76. The second-order valence-electron chi connectivity index (χ2n) is 4.49. The number of nitrogens with two attached hydrogens (primary N) is 1. The fraction of sp³-hybridized carbons (Fsp3) is 0.429. The van der Waals surface area contributed by atoms with E-state index in [1.807, 2.05) is 25.1 Å². The molecule has 0 aliphatic carbocycles. The molecule has 19 heavy (non-hydrogen) atoms. The van der Waals surface area contributed by atoms with Crippen LogP contribution in [0.4, 0.5) is 5.69 Å². The average Bonchev–Trinajstić information content (AvgIpc) is 2.88. The smallest absolute Gasteiger partial charge is 0.258 e. The highest BCUT2D eigenvalue weighted by molar-refractivity contribution is 5.66. The van der Waals surface area contributed by atoms with Gasteiger partial charge in [0.2, 0.25) is 5.82 Å². The maximum Gasteiger partial charge on any atom is 0.258 e. The lowest BCUT2D eigenvalue weighted by atomic mass is 10.1. The normalized spacial score (nSPS) is 12.6. The Hall–Kier alpha value is -1.88. The summed E-state index contributed by atoms with van der Waals surface area (Å²) in [6.45, 7) is 4.03. The molecule has 1 atom stereocenters. The fourth-order valence-corrected chi connectivity index (χ4v) is 1.97. The van der Waals surface area contributed by atoms with Gasteiger partial charge in [-0.25, -0.2) is 0 Å². The molecule has 2 rings (SSSR count). The minimum Gasteiger partial charge on any atom is -0.398 e. The van der Waals surface area contributed by atoms with E-state index >= 15 is 0 Å². The van der Waals surface area contributed by atoms with Crippen molar-refractivity contribution in [3.8, 4) is 11.5 Å². The van der Waals surface area contributed by atoms with Crippen molar-refractivity contribution in [1.29, 1.82) is 0 Å². The van der Waals surface area contributed by atoms with Crippen LogP contribution in [0.15, 0.2) is 22.7 Å². The third-order valence-corrected chi connectivity index (χ3v) is 3.17. The van der Waals surface area contributed by atoms with Crippen LogP contribution in [0.1, 0.15) is 37.3 Å². The van der Waals surface area contributed by atoms with Gasteiger partial charge >= 0.3 is 0 Å². The van der Waals surface area contributed by atoms with Crippen molar-refractivity contribution >= 4 is 5.69 Å². The number of methoxy groups -OCH3 is 1. The van der Waals surface area contributed by atoms with Crippen molar-refractivity contribution in [2.45, 2.75) is 32.8 Å². The third-order valence-electron chi connectivity index (χ3n) is 3.17. The molecule has 0 radical (unpaired) electrons. The van der Waals surface area contributed by atoms with E-state index in [1.54, 1.807) is 7.11 Å². The van der Waals surface area contributed by atoms with Crippen LogP contribution in [0.5, 0.6) is 0 Å². The lowest BCUT2D eigenvalue weighted by Gasteiger charge is -2.08. The predicted octanol–water partition coefficient (Wildman–Crippen LogP) is 3.11. The number of anilines is 1. The molecule has 0 spiro atoms. The first-order chi connectivity index (χ1) is 9.17. The number of nitrogens with zero attached hydrogens (tertiary/aromatic N) is 2. The topological polar surface area (TPSA) is 74.2 Å². The summed E-state index contributed by atoms with van der Waals surface area (Å²) in [7, 11) is 1.65. The van der Waals surface area contributed by atoms with Crippen LogP contribution < -0.4 is 5.73 Å². The van der Waals surface area contributed by atoms with Crippen LogP contribution in [0, 0.1) is 6.92 Å². The van der Waals surface area contributed by atoms with Crippen molar-refractivity contribution in [3.63, 3.8) is 0 Å². The minimum atomic E-state index is -0.121. The Labute approximate surface area is 112 Å². The zero-order chi connectivity index (χ0) is 13.8. The van der Waals surface area contributed by atoms with Crippen molar-refractivity contribution < 1.29 is 9.26 Å². The van der Waals surface area contributed by atoms with Crippen LogP contribution in [-0.2, 0) is 4.74 Å². The Kier molecular flexibility index (Phi) is 4.16. The van der Waals surface area contributed by atoms with Gasteiger partial charge in [-0.2, -0.15) is 4.98 Å². The Morgan fingerprint density at radius 1 is 1.42 bits per heavy atom. The molecule has 0 bridgehead atoms. The Balaban J connectivity index is 2.32. The maximum atomic E-state index is 5.88. The molecule has 1 unspecified atom stereocenters. The molecular weight excluding hydrogens is 242 g/mol. The van der Waals surface area contributed by atoms with Crippen molar-refractivity contribution in [2.24, 2.45) is 0 Å². The van der Waals surface area contributed by atoms with Crippen molar-refractivity contribution in [2.75, 3.05) is 12.8 Å². The highest BCUT2D eigenvalue weighted by atomic mass is 16.5. The molecule has 0 aliphatic rings. The number of rotatable bonds is 5. The summed E-state index contributed by atoms with van der Waals surface area (Å²) in [6, 6.07) is 5.65. The van der Waals surface area contributed by atoms with Crippen molar-refractivity contribution in [3.05, 3.63) is 29.6 Å². The number of ether oxygens (including phenoxy) is 1. The maximum absolute atomic E-state index is 5.88. The molecule has 0 saturated carbocycles. The summed E-state index contributed by atoms with van der Waals surface area (Å²) < 4.78 is 10.7. The second-order valence-corrected chi connectivity index (χ2v) is 4.49. The SMILES string of the molecule is CCCC(OC)c1noc(-c2cccc(N)c2C)n1. The van der Waals surface area contributed by atoms with Gasteiger partial charge in [-0.05, 0) is 31.0 Å². The molecule has 1 heterocycles. The predicted molar refractivity (Wildman–Crippen MR) is 73.5 cm³/mol. The van der Waals surface area contributed by atoms with Gasteiger partial charge in [0.25, 0.3) is 5.89 Å². The Bertz CT molecular complexity index is 551. The molecule has 102 valence electrons. The van der Waals surface area contributed by atoms with E-state index in [0.717, 1.165) is 24.0 Å². The fourth-order valence-electron chi connectivity index (χ4n) is 1.97. The van der Waals surface area contributed by atoms with Crippen LogP contribution >= 0.6 is 0 Å². The lowest BCUT2D eigenvalue weighted by Crippen LogP contribution is -2.03. The first kappa shape index (κ1) is 13.5. The summed E-state index contributed by atoms with van der Waals surface area (Å²) >= 11 is 0. The van der Waals surface area contributed by atoms with Crippen LogP contribution in [-0.4, -0.2) is 17.3 Å². The number of benzene rings is 1. The Morgan fingerprint density at radius 3 is 2.89 bits per heavy atom. The molecule has 1 aromatic carbocycles. The van der Waals surface area contributed by atoms with E-state index in [9.17, 15) is 0 Å². The Morgan fingerprint density at radius 2 is 2.21 bits per heavy atom. The highest BCUT2D eigenvalue weighted by Gasteiger charge is 2.18. The van der Waals surface area contributed by atoms with Crippen LogP contribution in [0.3, 0.4) is 0 Å². The molecule has 2 N–H and O–H groups in total. The van der Waals surface area contributed by atoms with Crippen LogP contribution in [0.2, 0.25) is 0 Å². The molecule has 0 saturated heterocycles. The molecular formula is C14H19N3O2. The number of aromatic nitrogens is 2. The zero-order valence-electron chi connectivity index (χ0n) is 11.5. The second kappa shape index (κ2) is 5.84. The molecule has 0 amide bonds. The van der Waals surface area contributed by atoms with Gasteiger partial charge in [-0.1, -0.05) is 24.6 Å². The number of hydrogen-bond donors (Lipinski definition) is 1. The summed E-state index contributed by atoms with van der Waals surface area (Å²) in [5.41, 5.74) is 8.41.